The number of benzene rings is 1. The standard InChI is InChI=1S/C31H33ClN8O3S2/c1-19(2)45(42,43)24-15-26(32)28(35-17-24)25-14-20-16-36-31(38-29(20)40(30(25)41)18-27-34-12-13-44-27)37-21-4-6-22(7-5-21)39(3)23-8-10-33-11-9-23/h4-7,12-17,19,23,33H,8-11,18H2,1-3H3,(H,36,37,38). The molecule has 0 aliphatic carbocycles. The van der Waals surface area contributed by atoms with Crippen molar-refractivity contribution < 1.29 is 8.42 Å². The maximum Gasteiger partial charge on any atom is 0.262 e. The third kappa shape index (κ3) is 6.43. The third-order valence-corrected chi connectivity index (χ3v) is 11.2. The Morgan fingerprint density at radius 3 is 2.53 bits per heavy atom. The first-order valence-corrected chi connectivity index (χ1v) is 17.4. The number of piperidine rings is 1. The van der Waals surface area contributed by atoms with Crippen LogP contribution in [-0.4, -0.2) is 64.3 Å². The minimum absolute atomic E-state index is 0.000152. The molecule has 0 radical (unpaired) electrons. The highest BCUT2D eigenvalue weighted by molar-refractivity contribution is 7.92. The van der Waals surface area contributed by atoms with E-state index >= 15 is 0 Å². The zero-order chi connectivity index (χ0) is 31.7. The molecule has 45 heavy (non-hydrogen) atoms. The number of hydrogen-bond donors (Lipinski definition) is 2. The van der Waals surface area contributed by atoms with Crippen LogP contribution in [-0.2, 0) is 16.4 Å². The minimum Gasteiger partial charge on any atom is -0.372 e. The highest BCUT2D eigenvalue weighted by Crippen LogP contribution is 2.30. The second-order valence-electron chi connectivity index (χ2n) is 11.2. The van der Waals surface area contributed by atoms with E-state index in [2.05, 4.69) is 49.7 Å². The Labute approximate surface area is 270 Å². The quantitative estimate of drug-likeness (QED) is 0.218. The van der Waals surface area contributed by atoms with E-state index in [0.29, 0.717) is 23.0 Å². The van der Waals surface area contributed by atoms with Crippen LogP contribution in [0.3, 0.4) is 0 Å². The van der Waals surface area contributed by atoms with Crippen molar-refractivity contribution in [1.29, 1.82) is 0 Å². The summed E-state index contributed by atoms with van der Waals surface area (Å²) in [4.78, 5) is 34.3. The molecule has 6 rings (SSSR count). The summed E-state index contributed by atoms with van der Waals surface area (Å²) >= 11 is 7.97. The summed E-state index contributed by atoms with van der Waals surface area (Å²) in [5, 5.41) is 9.23. The molecule has 5 aromatic rings. The fraction of sp³-hybridized carbons (Fsp3) is 0.323. The van der Waals surface area contributed by atoms with Crippen molar-refractivity contribution in [2.24, 2.45) is 0 Å². The van der Waals surface area contributed by atoms with Gasteiger partial charge in [-0.2, -0.15) is 4.98 Å². The lowest BCUT2D eigenvalue weighted by Gasteiger charge is -2.33. The van der Waals surface area contributed by atoms with E-state index in [-0.39, 0.29) is 33.3 Å². The van der Waals surface area contributed by atoms with Gasteiger partial charge in [0.2, 0.25) is 5.95 Å². The molecule has 1 aromatic carbocycles. The van der Waals surface area contributed by atoms with E-state index in [1.54, 1.807) is 32.3 Å². The summed E-state index contributed by atoms with van der Waals surface area (Å²) in [6, 6.07) is 11.6. The number of nitrogens with zero attached hydrogens (tertiary/aromatic N) is 6. The van der Waals surface area contributed by atoms with Crippen molar-refractivity contribution in [2.75, 3.05) is 30.4 Å². The van der Waals surface area contributed by atoms with Crippen molar-refractivity contribution in [3.8, 4) is 11.3 Å². The largest absolute Gasteiger partial charge is 0.372 e. The van der Waals surface area contributed by atoms with Gasteiger partial charge in [0.25, 0.3) is 5.56 Å². The fourth-order valence-corrected chi connectivity index (χ4v) is 7.33. The Kier molecular flexibility index (Phi) is 8.87. The van der Waals surface area contributed by atoms with Crippen LogP contribution < -0.4 is 21.1 Å². The number of nitrogens with one attached hydrogen (secondary N) is 2. The van der Waals surface area contributed by atoms with Crippen molar-refractivity contribution in [3.63, 3.8) is 0 Å². The van der Waals surface area contributed by atoms with E-state index in [9.17, 15) is 13.2 Å². The third-order valence-electron chi connectivity index (χ3n) is 8.01. The molecule has 14 heteroatoms. The van der Waals surface area contributed by atoms with Gasteiger partial charge in [-0.25, -0.2) is 18.4 Å². The summed E-state index contributed by atoms with van der Waals surface area (Å²) in [7, 11) is -1.47. The van der Waals surface area contributed by atoms with Gasteiger partial charge in [-0.3, -0.25) is 14.3 Å². The van der Waals surface area contributed by atoms with Crippen LogP contribution in [0, 0.1) is 0 Å². The van der Waals surface area contributed by atoms with Gasteiger partial charge in [0.05, 0.1) is 33.0 Å². The average Bonchev–Trinajstić information content (AvgIpc) is 3.56. The number of aromatic nitrogens is 5. The van der Waals surface area contributed by atoms with E-state index in [4.69, 9.17) is 16.6 Å². The molecule has 0 bridgehead atoms. The van der Waals surface area contributed by atoms with Gasteiger partial charge >= 0.3 is 0 Å². The lowest BCUT2D eigenvalue weighted by atomic mass is 10.0. The van der Waals surface area contributed by atoms with E-state index in [1.165, 1.54) is 28.2 Å². The monoisotopic (exact) mass is 664 g/mol. The molecule has 0 unspecified atom stereocenters. The molecule has 1 aliphatic heterocycles. The summed E-state index contributed by atoms with van der Waals surface area (Å²) in [6.07, 6.45) is 6.78. The van der Waals surface area contributed by atoms with E-state index in [0.717, 1.165) is 42.3 Å². The van der Waals surface area contributed by atoms with Crippen LogP contribution in [0.5, 0.6) is 0 Å². The predicted octanol–water partition coefficient (Wildman–Crippen LogP) is 5.13. The SMILES string of the molecule is CC(C)S(=O)(=O)c1cnc(-c2cc3cnc(Nc4ccc(N(C)C5CCNCC5)cc4)nc3n(Cc3nccs3)c2=O)c(Cl)c1. The number of halogens is 1. The van der Waals surface area contributed by atoms with Crippen molar-refractivity contribution in [3.05, 3.63) is 80.8 Å². The van der Waals surface area contributed by atoms with Gasteiger partial charge in [-0.15, -0.1) is 11.3 Å². The molecule has 1 aliphatic rings. The molecule has 0 amide bonds. The molecule has 234 valence electrons. The molecule has 4 aromatic heterocycles. The number of rotatable bonds is 9. The van der Waals surface area contributed by atoms with Crippen LogP contribution in [0.25, 0.3) is 22.3 Å². The maximum absolute atomic E-state index is 14.0. The summed E-state index contributed by atoms with van der Waals surface area (Å²) in [5.74, 6) is 0.335. The van der Waals surface area contributed by atoms with E-state index < -0.39 is 15.1 Å². The number of pyridine rings is 2. The Hall–Kier alpha value is -3.91. The summed E-state index contributed by atoms with van der Waals surface area (Å²) < 4.78 is 26.9. The Morgan fingerprint density at radius 2 is 1.87 bits per heavy atom. The minimum atomic E-state index is -3.60. The Morgan fingerprint density at radius 1 is 1.11 bits per heavy atom. The smallest absolute Gasteiger partial charge is 0.262 e. The number of hydrogen-bond acceptors (Lipinski definition) is 11. The molecule has 0 saturated carbocycles. The van der Waals surface area contributed by atoms with Gasteiger partial charge in [-0.05, 0) is 76.2 Å². The first-order chi connectivity index (χ1) is 21.6. The van der Waals surface area contributed by atoms with Crippen LogP contribution in [0.4, 0.5) is 17.3 Å². The normalized spacial score (nSPS) is 14.2. The summed E-state index contributed by atoms with van der Waals surface area (Å²) in [5.41, 5.74) is 2.36. The zero-order valence-electron chi connectivity index (χ0n) is 25.1. The first-order valence-electron chi connectivity index (χ1n) is 14.6. The fourth-order valence-electron chi connectivity index (χ4n) is 5.36. The number of sulfone groups is 1. The molecule has 0 spiro atoms. The van der Waals surface area contributed by atoms with Crippen LogP contribution in [0.1, 0.15) is 31.7 Å². The van der Waals surface area contributed by atoms with Gasteiger partial charge in [0.15, 0.2) is 9.84 Å². The molecule has 1 fully saturated rings. The van der Waals surface area contributed by atoms with Crippen LogP contribution >= 0.6 is 22.9 Å². The molecule has 1 saturated heterocycles. The maximum atomic E-state index is 14.0. The summed E-state index contributed by atoms with van der Waals surface area (Å²) in [6.45, 7) is 5.41. The number of anilines is 3. The lowest BCUT2D eigenvalue weighted by molar-refractivity contribution is 0.443. The van der Waals surface area contributed by atoms with E-state index in [1.807, 2.05) is 17.5 Å². The molecular weight excluding hydrogens is 632 g/mol. The number of thiazole rings is 1. The second kappa shape index (κ2) is 12.8. The topological polar surface area (TPSA) is 135 Å². The molecule has 2 N–H and O–H groups in total. The lowest BCUT2D eigenvalue weighted by Crippen LogP contribution is -2.41. The first kappa shape index (κ1) is 31.1. The Balaban J connectivity index is 1.35. The molecule has 0 atom stereocenters. The Bertz CT molecular complexity index is 1990. The van der Waals surface area contributed by atoms with Crippen molar-refractivity contribution in [2.45, 2.75) is 49.4 Å². The van der Waals surface area contributed by atoms with Gasteiger partial charge in [0.1, 0.15) is 10.7 Å². The van der Waals surface area contributed by atoms with Gasteiger partial charge < -0.3 is 15.5 Å². The zero-order valence-corrected chi connectivity index (χ0v) is 27.5. The second-order valence-corrected chi connectivity index (χ2v) is 15.1. The average molecular weight is 665 g/mol. The molecule has 11 nitrogen and oxygen atoms in total. The van der Waals surface area contributed by atoms with Crippen molar-refractivity contribution >= 4 is 61.1 Å². The highest BCUT2D eigenvalue weighted by atomic mass is 35.5. The van der Waals surface area contributed by atoms with Crippen molar-refractivity contribution in [1.82, 2.24) is 29.8 Å². The van der Waals surface area contributed by atoms with Crippen LogP contribution in [0.2, 0.25) is 5.02 Å². The van der Waals surface area contributed by atoms with Gasteiger partial charge in [-0.1, -0.05) is 11.6 Å². The van der Waals surface area contributed by atoms with Gasteiger partial charge in [0, 0.05) is 53.8 Å². The molecular formula is C31H33ClN8O3S2. The van der Waals surface area contributed by atoms with Crippen LogP contribution in [0.15, 0.2) is 70.1 Å². The predicted molar refractivity (Wildman–Crippen MR) is 180 cm³/mol. The number of fused-ring (bicyclic) bond motifs is 1. The highest BCUT2D eigenvalue weighted by Gasteiger charge is 2.23. The molecule has 5 heterocycles.